The average molecular weight is 321 g/mol. The summed E-state index contributed by atoms with van der Waals surface area (Å²) in [4.78, 5) is 26.3. The summed E-state index contributed by atoms with van der Waals surface area (Å²) in [6, 6.07) is 3.84. The smallest absolute Gasteiger partial charge is 0.289 e. The van der Waals surface area contributed by atoms with E-state index in [0.717, 1.165) is 12.2 Å². The summed E-state index contributed by atoms with van der Waals surface area (Å²) in [7, 11) is 1.87. The Morgan fingerprint density at radius 1 is 1.35 bits per heavy atom. The SMILES string of the molecule is CCc1ccc(C(=O)N2CCC(C(=O)NCC(C)NC)CC2)o1. The number of aryl methyl sites for hydroxylation is 1. The summed E-state index contributed by atoms with van der Waals surface area (Å²) in [6.45, 7) is 5.84. The van der Waals surface area contributed by atoms with Crippen LogP contribution in [-0.2, 0) is 11.2 Å². The molecule has 0 aliphatic carbocycles. The lowest BCUT2D eigenvalue weighted by molar-refractivity contribution is -0.126. The molecule has 0 aromatic carbocycles. The number of furan rings is 1. The fourth-order valence-corrected chi connectivity index (χ4v) is 2.68. The van der Waals surface area contributed by atoms with Crippen LogP contribution in [0.25, 0.3) is 0 Å². The van der Waals surface area contributed by atoms with Gasteiger partial charge in [-0.25, -0.2) is 0 Å². The molecule has 6 heteroatoms. The maximum Gasteiger partial charge on any atom is 0.289 e. The Labute approximate surface area is 137 Å². The third-order valence-corrected chi connectivity index (χ3v) is 4.45. The Kier molecular flexibility index (Phi) is 6.21. The van der Waals surface area contributed by atoms with Gasteiger partial charge in [-0.05, 0) is 38.9 Å². The minimum Gasteiger partial charge on any atom is -0.456 e. The summed E-state index contributed by atoms with van der Waals surface area (Å²) < 4.78 is 5.52. The van der Waals surface area contributed by atoms with E-state index in [9.17, 15) is 9.59 Å². The fraction of sp³-hybridized carbons (Fsp3) is 0.647. The number of rotatable bonds is 6. The van der Waals surface area contributed by atoms with Crippen LogP contribution in [0, 0.1) is 5.92 Å². The van der Waals surface area contributed by atoms with Crippen molar-refractivity contribution in [2.24, 2.45) is 5.92 Å². The molecule has 6 nitrogen and oxygen atoms in total. The van der Waals surface area contributed by atoms with Crippen molar-refractivity contribution in [2.45, 2.75) is 39.2 Å². The van der Waals surface area contributed by atoms with Crippen LogP contribution in [0.5, 0.6) is 0 Å². The molecule has 1 fully saturated rings. The molecule has 2 N–H and O–H groups in total. The van der Waals surface area contributed by atoms with E-state index in [1.165, 1.54) is 0 Å². The Hall–Kier alpha value is -1.82. The number of hydrogen-bond acceptors (Lipinski definition) is 4. The van der Waals surface area contributed by atoms with Crippen LogP contribution < -0.4 is 10.6 Å². The van der Waals surface area contributed by atoms with Gasteiger partial charge in [0, 0.05) is 38.0 Å². The van der Waals surface area contributed by atoms with Crippen molar-refractivity contribution in [1.82, 2.24) is 15.5 Å². The van der Waals surface area contributed by atoms with Crippen LogP contribution in [0.3, 0.4) is 0 Å². The van der Waals surface area contributed by atoms with Gasteiger partial charge in [-0.15, -0.1) is 0 Å². The predicted octanol–water partition coefficient (Wildman–Crippen LogP) is 1.42. The lowest BCUT2D eigenvalue weighted by Gasteiger charge is -2.31. The van der Waals surface area contributed by atoms with Gasteiger partial charge in [-0.3, -0.25) is 9.59 Å². The van der Waals surface area contributed by atoms with Crippen LogP contribution in [0.15, 0.2) is 16.5 Å². The number of piperidine rings is 1. The molecule has 0 saturated carbocycles. The van der Waals surface area contributed by atoms with Crippen molar-refractivity contribution in [3.63, 3.8) is 0 Å². The van der Waals surface area contributed by atoms with E-state index in [-0.39, 0.29) is 23.8 Å². The lowest BCUT2D eigenvalue weighted by Crippen LogP contribution is -2.45. The molecule has 1 unspecified atom stereocenters. The van der Waals surface area contributed by atoms with E-state index in [1.807, 2.05) is 27.0 Å². The van der Waals surface area contributed by atoms with Crippen molar-refractivity contribution in [2.75, 3.05) is 26.7 Å². The Morgan fingerprint density at radius 3 is 2.61 bits per heavy atom. The number of nitrogens with zero attached hydrogens (tertiary/aromatic N) is 1. The van der Waals surface area contributed by atoms with Gasteiger partial charge in [0.05, 0.1) is 0 Å². The van der Waals surface area contributed by atoms with E-state index in [2.05, 4.69) is 10.6 Å². The van der Waals surface area contributed by atoms with Gasteiger partial charge in [-0.2, -0.15) is 0 Å². The molecule has 1 aromatic rings. The zero-order valence-corrected chi connectivity index (χ0v) is 14.2. The molecule has 23 heavy (non-hydrogen) atoms. The van der Waals surface area contributed by atoms with E-state index in [4.69, 9.17) is 4.42 Å². The summed E-state index contributed by atoms with van der Waals surface area (Å²) in [5.41, 5.74) is 0. The minimum absolute atomic E-state index is 0.00842. The molecule has 0 spiro atoms. The molecule has 2 heterocycles. The highest BCUT2D eigenvalue weighted by molar-refractivity contribution is 5.91. The van der Waals surface area contributed by atoms with Gasteiger partial charge in [0.25, 0.3) is 5.91 Å². The third-order valence-electron chi connectivity index (χ3n) is 4.45. The number of nitrogens with one attached hydrogen (secondary N) is 2. The molecular weight excluding hydrogens is 294 g/mol. The van der Waals surface area contributed by atoms with Gasteiger partial charge in [0.1, 0.15) is 5.76 Å². The Bertz CT molecular complexity index is 533. The predicted molar refractivity (Wildman–Crippen MR) is 88.2 cm³/mol. The molecule has 1 aliphatic rings. The second kappa shape index (κ2) is 8.15. The fourth-order valence-electron chi connectivity index (χ4n) is 2.68. The highest BCUT2D eigenvalue weighted by Gasteiger charge is 2.28. The van der Waals surface area contributed by atoms with E-state index in [0.29, 0.717) is 38.2 Å². The van der Waals surface area contributed by atoms with Crippen molar-refractivity contribution >= 4 is 11.8 Å². The summed E-state index contributed by atoms with van der Waals surface area (Å²) in [6.07, 6.45) is 2.18. The second-order valence-electron chi connectivity index (χ2n) is 6.12. The number of carbonyl (C=O) groups excluding carboxylic acids is 2. The van der Waals surface area contributed by atoms with E-state index < -0.39 is 0 Å². The first kappa shape index (κ1) is 17.5. The molecule has 0 bridgehead atoms. The van der Waals surface area contributed by atoms with Crippen LogP contribution in [0.2, 0.25) is 0 Å². The molecule has 128 valence electrons. The molecular formula is C17H27N3O3. The molecule has 1 saturated heterocycles. The molecule has 1 aliphatic heterocycles. The zero-order chi connectivity index (χ0) is 16.8. The van der Waals surface area contributed by atoms with E-state index in [1.54, 1.807) is 11.0 Å². The lowest BCUT2D eigenvalue weighted by atomic mass is 9.95. The first-order valence-corrected chi connectivity index (χ1v) is 8.38. The van der Waals surface area contributed by atoms with Crippen LogP contribution in [0.4, 0.5) is 0 Å². The van der Waals surface area contributed by atoms with Gasteiger partial charge >= 0.3 is 0 Å². The maximum absolute atomic E-state index is 12.4. The maximum atomic E-state index is 12.4. The van der Waals surface area contributed by atoms with Crippen LogP contribution >= 0.6 is 0 Å². The van der Waals surface area contributed by atoms with Gasteiger partial charge in [-0.1, -0.05) is 6.92 Å². The van der Waals surface area contributed by atoms with Crippen molar-refractivity contribution < 1.29 is 14.0 Å². The average Bonchev–Trinajstić information content (AvgIpc) is 3.08. The van der Waals surface area contributed by atoms with Crippen molar-refractivity contribution in [3.8, 4) is 0 Å². The second-order valence-corrected chi connectivity index (χ2v) is 6.12. The largest absolute Gasteiger partial charge is 0.456 e. The minimum atomic E-state index is -0.0765. The standard InChI is InChI=1S/C17H27N3O3/c1-4-14-5-6-15(23-14)17(22)20-9-7-13(8-10-20)16(21)19-11-12(2)18-3/h5-6,12-13,18H,4,7-11H2,1-3H3,(H,19,21). The number of hydrogen-bond donors (Lipinski definition) is 2. The molecule has 1 aromatic heterocycles. The Balaban J connectivity index is 1.81. The highest BCUT2D eigenvalue weighted by Crippen LogP contribution is 2.20. The van der Waals surface area contributed by atoms with Crippen molar-refractivity contribution in [1.29, 1.82) is 0 Å². The van der Waals surface area contributed by atoms with E-state index >= 15 is 0 Å². The molecule has 2 rings (SSSR count). The topological polar surface area (TPSA) is 74.6 Å². The van der Waals surface area contributed by atoms with Gasteiger partial charge < -0.3 is 20.0 Å². The number of amides is 2. The normalized spacial score (nSPS) is 17.1. The van der Waals surface area contributed by atoms with Crippen LogP contribution in [-0.4, -0.2) is 49.4 Å². The monoisotopic (exact) mass is 321 g/mol. The first-order valence-electron chi connectivity index (χ1n) is 8.38. The summed E-state index contributed by atoms with van der Waals surface area (Å²) in [5, 5.41) is 6.06. The number of likely N-dealkylation sites (N-methyl/N-ethyl adjacent to an activating group) is 1. The summed E-state index contributed by atoms with van der Waals surface area (Å²) >= 11 is 0. The first-order chi connectivity index (χ1) is 11.0. The summed E-state index contributed by atoms with van der Waals surface area (Å²) in [5.74, 6) is 1.22. The van der Waals surface area contributed by atoms with Gasteiger partial charge in [0.15, 0.2) is 5.76 Å². The Morgan fingerprint density at radius 2 is 2.04 bits per heavy atom. The molecule has 1 atom stereocenters. The third kappa shape index (κ3) is 4.58. The van der Waals surface area contributed by atoms with Crippen LogP contribution in [0.1, 0.15) is 43.0 Å². The van der Waals surface area contributed by atoms with Gasteiger partial charge in [0.2, 0.25) is 5.91 Å². The van der Waals surface area contributed by atoms with Crippen molar-refractivity contribution in [3.05, 3.63) is 23.7 Å². The number of carbonyl (C=O) groups is 2. The number of likely N-dealkylation sites (tertiary alicyclic amines) is 1. The quantitative estimate of drug-likeness (QED) is 0.831. The molecule has 2 amide bonds. The molecule has 0 radical (unpaired) electrons. The zero-order valence-electron chi connectivity index (χ0n) is 14.2. The highest BCUT2D eigenvalue weighted by atomic mass is 16.4.